The molecule has 3 heteroatoms. The van der Waals surface area contributed by atoms with Crippen molar-refractivity contribution in [2.45, 2.75) is 26.3 Å². The number of ether oxygens (including phenoxy) is 1. The van der Waals surface area contributed by atoms with Gasteiger partial charge >= 0.3 is 0 Å². The lowest BCUT2D eigenvalue weighted by Gasteiger charge is -2.15. The van der Waals surface area contributed by atoms with E-state index in [-0.39, 0.29) is 11.9 Å². The molecule has 2 nitrogen and oxygen atoms in total. The summed E-state index contributed by atoms with van der Waals surface area (Å²) in [6.45, 7) is 4.48. The predicted octanol–water partition coefficient (Wildman–Crippen LogP) is 3.91. The van der Waals surface area contributed by atoms with E-state index in [4.69, 9.17) is 10.5 Å². The van der Waals surface area contributed by atoms with Crippen molar-refractivity contribution in [1.29, 1.82) is 0 Å². The molecule has 1 atom stereocenters. The van der Waals surface area contributed by atoms with Crippen LogP contribution in [-0.2, 0) is 0 Å². The van der Waals surface area contributed by atoms with Crippen molar-refractivity contribution in [2.75, 3.05) is 6.61 Å². The number of nitrogens with two attached hydrogens (primary N) is 1. The summed E-state index contributed by atoms with van der Waals surface area (Å²) in [6, 6.07) is 12.4. The Balaban J connectivity index is 1.92. The second-order valence-corrected chi connectivity index (χ2v) is 5.06. The normalized spacial score (nSPS) is 12.2. The summed E-state index contributed by atoms with van der Waals surface area (Å²) in [7, 11) is 0. The van der Waals surface area contributed by atoms with Crippen molar-refractivity contribution in [3.63, 3.8) is 0 Å². The van der Waals surface area contributed by atoms with Crippen LogP contribution in [0.5, 0.6) is 5.75 Å². The first kappa shape index (κ1) is 14.5. The molecule has 0 spiro atoms. The fourth-order valence-electron chi connectivity index (χ4n) is 2.18. The average molecular weight is 273 g/mol. The zero-order valence-corrected chi connectivity index (χ0v) is 11.9. The highest BCUT2D eigenvalue weighted by Crippen LogP contribution is 2.20. The standard InChI is InChI=1S/C17H20FNO/c1-12-4-3-5-15(10-12)20-9-8-17(19)16-11-14(18)7-6-13(16)2/h3-7,10-11,17H,8-9,19H2,1-2H3. The molecule has 1 unspecified atom stereocenters. The van der Waals surface area contributed by atoms with Crippen molar-refractivity contribution in [3.05, 3.63) is 65.0 Å². The van der Waals surface area contributed by atoms with Crippen LogP contribution >= 0.6 is 0 Å². The van der Waals surface area contributed by atoms with Crippen LogP contribution in [0.2, 0.25) is 0 Å². The van der Waals surface area contributed by atoms with E-state index in [1.54, 1.807) is 6.07 Å². The van der Waals surface area contributed by atoms with Crippen molar-refractivity contribution >= 4 is 0 Å². The lowest BCUT2D eigenvalue weighted by molar-refractivity contribution is 0.298. The van der Waals surface area contributed by atoms with E-state index in [0.29, 0.717) is 13.0 Å². The van der Waals surface area contributed by atoms with Crippen molar-refractivity contribution in [1.82, 2.24) is 0 Å². The minimum absolute atomic E-state index is 0.212. The fraction of sp³-hybridized carbons (Fsp3) is 0.294. The first-order valence-electron chi connectivity index (χ1n) is 6.77. The zero-order valence-electron chi connectivity index (χ0n) is 11.9. The first-order chi connectivity index (χ1) is 9.56. The van der Waals surface area contributed by atoms with Crippen molar-refractivity contribution in [2.24, 2.45) is 5.73 Å². The molecule has 0 saturated heterocycles. The third-order valence-electron chi connectivity index (χ3n) is 3.33. The Labute approximate surface area is 119 Å². The predicted molar refractivity (Wildman–Crippen MR) is 79.4 cm³/mol. The SMILES string of the molecule is Cc1cccc(OCCC(N)c2cc(F)ccc2C)c1. The van der Waals surface area contributed by atoms with Gasteiger partial charge in [0.1, 0.15) is 11.6 Å². The molecule has 2 rings (SSSR count). The highest BCUT2D eigenvalue weighted by Gasteiger charge is 2.10. The van der Waals surface area contributed by atoms with Gasteiger partial charge < -0.3 is 10.5 Å². The van der Waals surface area contributed by atoms with Crippen LogP contribution in [-0.4, -0.2) is 6.61 Å². The Morgan fingerprint density at radius 2 is 1.95 bits per heavy atom. The zero-order chi connectivity index (χ0) is 14.5. The molecule has 0 bridgehead atoms. The monoisotopic (exact) mass is 273 g/mol. The Kier molecular flexibility index (Phi) is 4.74. The lowest BCUT2D eigenvalue weighted by atomic mass is 10.00. The third-order valence-corrected chi connectivity index (χ3v) is 3.33. The Bertz CT molecular complexity index is 583. The molecule has 0 aliphatic heterocycles. The summed E-state index contributed by atoms with van der Waals surface area (Å²) in [5.74, 6) is 0.591. The molecule has 20 heavy (non-hydrogen) atoms. The van der Waals surface area contributed by atoms with Gasteiger partial charge in [0.2, 0.25) is 0 Å². The lowest BCUT2D eigenvalue weighted by Crippen LogP contribution is -2.15. The molecule has 2 aromatic rings. The molecule has 0 aliphatic carbocycles. The average Bonchev–Trinajstić information content (AvgIpc) is 2.41. The van der Waals surface area contributed by atoms with E-state index < -0.39 is 0 Å². The van der Waals surface area contributed by atoms with Crippen molar-refractivity contribution in [3.8, 4) is 5.75 Å². The van der Waals surface area contributed by atoms with Crippen LogP contribution in [0.25, 0.3) is 0 Å². The topological polar surface area (TPSA) is 35.2 Å². The molecule has 0 fully saturated rings. The van der Waals surface area contributed by atoms with E-state index in [9.17, 15) is 4.39 Å². The highest BCUT2D eigenvalue weighted by atomic mass is 19.1. The largest absolute Gasteiger partial charge is 0.494 e. The van der Waals surface area contributed by atoms with Gasteiger partial charge in [-0.1, -0.05) is 18.2 Å². The maximum absolute atomic E-state index is 13.3. The summed E-state index contributed by atoms with van der Waals surface area (Å²) >= 11 is 0. The number of halogens is 1. The summed E-state index contributed by atoms with van der Waals surface area (Å²) in [6.07, 6.45) is 0.651. The molecule has 0 saturated carbocycles. The van der Waals surface area contributed by atoms with E-state index >= 15 is 0 Å². The van der Waals surface area contributed by atoms with Crippen molar-refractivity contribution < 1.29 is 9.13 Å². The maximum atomic E-state index is 13.3. The quantitative estimate of drug-likeness (QED) is 0.896. The summed E-state index contributed by atoms with van der Waals surface area (Å²) in [5.41, 5.74) is 9.13. The Hall–Kier alpha value is -1.87. The van der Waals surface area contributed by atoms with E-state index in [1.165, 1.54) is 12.1 Å². The smallest absolute Gasteiger partial charge is 0.123 e. The molecule has 2 aromatic carbocycles. The van der Waals surface area contributed by atoms with E-state index in [1.807, 2.05) is 38.1 Å². The maximum Gasteiger partial charge on any atom is 0.123 e. The second kappa shape index (κ2) is 6.53. The van der Waals surface area contributed by atoms with Crippen LogP contribution < -0.4 is 10.5 Å². The molecule has 0 heterocycles. The highest BCUT2D eigenvalue weighted by molar-refractivity contribution is 5.30. The minimum atomic E-state index is -0.249. The van der Waals surface area contributed by atoms with Crippen LogP contribution in [0.3, 0.4) is 0 Å². The molecule has 106 valence electrons. The number of hydrogen-bond acceptors (Lipinski definition) is 2. The van der Waals surface area contributed by atoms with E-state index in [2.05, 4.69) is 0 Å². The number of rotatable bonds is 5. The molecule has 0 radical (unpaired) electrons. The van der Waals surface area contributed by atoms with Gasteiger partial charge in [-0.15, -0.1) is 0 Å². The summed E-state index contributed by atoms with van der Waals surface area (Å²) < 4.78 is 18.9. The van der Waals surface area contributed by atoms with Gasteiger partial charge in [-0.2, -0.15) is 0 Å². The molecule has 0 aliphatic rings. The molecule has 0 amide bonds. The second-order valence-electron chi connectivity index (χ2n) is 5.06. The van der Waals surface area contributed by atoms with Gasteiger partial charge in [-0.25, -0.2) is 4.39 Å². The van der Waals surface area contributed by atoms with Gasteiger partial charge in [-0.05, 0) is 54.8 Å². The fourth-order valence-corrected chi connectivity index (χ4v) is 2.18. The number of hydrogen-bond donors (Lipinski definition) is 1. The third kappa shape index (κ3) is 3.81. The summed E-state index contributed by atoms with van der Waals surface area (Å²) in [5, 5.41) is 0. The molecular weight excluding hydrogens is 253 g/mol. The molecule has 0 aromatic heterocycles. The molecular formula is C17H20FNO. The first-order valence-corrected chi connectivity index (χ1v) is 6.77. The van der Waals surface area contributed by atoms with Crippen LogP contribution in [0.4, 0.5) is 4.39 Å². The van der Waals surface area contributed by atoms with Gasteiger partial charge in [0.25, 0.3) is 0 Å². The van der Waals surface area contributed by atoms with Gasteiger partial charge in [0.05, 0.1) is 6.61 Å². The molecule has 2 N–H and O–H groups in total. The number of benzene rings is 2. The van der Waals surface area contributed by atoms with Gasteiger partial charge in [0, 0.05) is 12.5 Å². The van der Waals surface area contributed by atoms with E-state index in [0.717, 1.165) is 22.4 Å². The summed E-state index contributed by atoms with van der Waals surface area (Å²) in [4.78, 5) is 0. The number of aryl methyl sites for hydroxylation is 2. The van der Waals surface area contributed by atoms with Crippen LogP contribution in [0.15, 0.2) is 42.5 Å². The Morgan fingerprint density at radius 3 is 2.70 bits per heavy atom. The Morgan fingerprint density at radius 1 is 1.15 bits per heavy atom. The van der Waals surface area contributed by atoms with Crippen LogP contribution in [0.1, 0.15) is 29.2 Å². The van der Waals surface area contributed by atoms with Crippen LogP contribution in [0, 0.1) is 19.7 Å². The van der Waals surface area contributed by atoms with Gasteiger partial charge in [0.15, 0.2) is 0 Å². The minimum Gasteiger partial charge on any atom is -0.494 e. The van der Waals surface area contributed by atoms with Gasteiger partial charge in [-0.3, -0.25) is 0 Å².